The molecule has 1 rings (SSSR count). The molecule has 0 aromatic rings. The van der Waals surface area contributed by atoms with Crippen molar-refractivity contribution in [3.8, 4) is 0 Å². The van der Waals surface area contributed by atoms with E-state index < -0.39 is 0 Å². The van der Waals surface area contributed by atoms with E-state index >= 15 is 0 Å². The van der Waals surface area contributed by atoms with Gasteiger partial charge in [-0.05, 0) is 0 Å². The number of nitrogens with two attached hydrogens (primary N) is 1. The summed E-state index contributed by atoms with van der Waals surface area (Å²) in [6.45, 7) is 4.20. The van der Waals surface area contributed by atoms with Gasteiger partial charge in [-0.15, -0.1) is 24.8 Å². The summed E-state index contributed by atoms with van der Waals surface area (Å²) in [5, 5.41) is 3.19. The number of primary amides is 1. The van der Waals surface area contributed by atoms with E-state index in [1.165, 1.54) is 0 Å². The Bertz CT molecular complexity index is 128. The van der Waals surface area contributed by atoms with Crippen molar-refractivity contribution < 1.29 is 4.79 Å². The zero-order chi connectivity index (χ0) is 7.40. The summed E-state index contributed by atoms with van der Waals surface area (Å²) in [4.78, 5) is 12.5. The Morgan fingerprint density at radius 2 is 1.83 bits per heavy atom. The highest BCUT2D eigenvalue weighted by molar-refractivity contribution is 5.85. The summed E-state index contributed by atoms with van der Waals surface area (Å²) in [5.74, 6) is -0.234. The van der Waals surface area contributed by atoms with Gasteiger partial charge in [0, 0.05) is 26.2 Å². The van der Waals surface area contributed by atoms with Crippen molar-refractivity contribution in [3.05, 3.63) is 0 Å². The van der Waals surface area contributed by atoms with E-state index in [1.54, 1.807) is 0 Å². The molecule has 0 bridgehead atoms. The van der Waals surface area contributed by atoms with Gasteiger partial charge < -0.3 is 11.1 Å². The van der Waals surface area contributed by atoms with Crippen LogP contribution < -0.4 is 11.1 Å². The minimum atomic E-state index is -0.234. The number of halogens is 2. The van der Waals surface area contributed by atoms with Crippen LogP contribution in [0, 0.1) is 0 Å². The third-order valence-electron chi connectivity index (χ3n) is 1.59. The van der Waals surface area contributed by atoms with Crippen LogP contribution in [-0.2, 0) is 4.79 Å². The van der Waals surface area contributed by atoms with Crippen LogP contribution in [-0.4, -0.2) is 43.5 Å². The van der Waals surface area contributed by atoms with E-state index in [2.05, 4.69) is 10.2 Å². The van der Waals surface area contributed by atoms with Crippen LogP contribution in [0.3, 0.4) is 0 Å². The fourth-order valence-corrected chi connectivity index (χ4v) is 1.09. The maximum absolute atomic E-state index is 10.4. The topological polar surface area (TPSA) is 58.4 Å². The Labute approximate surface area is 84.7 Å². The number of hydrogen-bond donors (Lipinski definition) is 2. The molecule has 1 aliphatic heterocycles. The van der Waals surface area contributed by atoms with E-state index in [9.17, 15) is 4.79 Å². The predicted molar refractivity (Wildman–Crippen MR) is 53.0 cm³/mol. The highest BCUT2D eigenvalue weighted by Gasteiger charge is 2.10. The quantitative estimate of drug-likeness (QED) is 0.636. The van der Waals surface area contributed by atoms with Crippen LogP contribution in [0.1, 0.15) is 0 Å². The van der Waals surface area contributed by atoms with Crippen molar-refractivity contribution in [1.82, 2.24) is 10.2 Å². The average molecular weight is 216 g/mol. The smallest absolute Gasteiger partial charge is 0.231 e. The van der Waals surface area contributed by atoms with Gasteiger partial charge in [0.15, 0.2) is 0 Å². The van der Waals surface area contributed by atoms with Crippen LogP contribution in [0.5, 0.6) is 0 Å². The van der Waals surface area contributed by atoms with Gasteiger partial charge in [-0.25, -0.2) is 0 Å². The number of nitrogens with one attached hydrogen (secondary N) is 1. The molecule has 0 aromatic heterocycles. The summed E-state index contributed by atoms with van der Waals surface area (Å²) in [6, 6.07) is 0. The highest BCUT2D eigenvalue weighted by atomic mass is 35.5. The number of nitrogens with zero attached hydrogens (tertiary/aromatic N) is 1. The number of piperazine rings is 1. The van der Waals surface area contributed by atoms with Crippen molar-refractivity contribution in [2.45, 2.75) is 0 Å². The normalized spacial score (nSPS) is 17.3. The van der Waals surface area contributed by atoms with Crippen LogP contribution in [0.15, 0.2) is 0 Å². The van der Waals surface area contributed by atoms with Gasteiger partial charge in [0.05, 0.1) is 6.54 Å². The SMILES string of the molecule is Cl.Cl.NC(=O)CN1CCNCC1. The Morgan fingerprint density at radius 3 is 2.25 bits per heavy atom. The first kappa shape index (κ1) is 14.5. The van der Waals surface area contributed by atoms with Gasteiger partial charge in [0.25, 0.3) is 0 Å². The zero-order valence-corrected chi connectivity index (χ0v) is 8.42. The summed E-state index contributed by atoms with van der Waals surface area (Å²) >= 11 is 0. The molecule has 1 aliphatic rings. The van der Waals surface area contributed by atoms with Gasteiger partial charge in [-0.2, -0.15) is 0 Å². The lowest BCUT2D eigenvalue weighted by Gasteiger charge is -2.25. The molecule has 0 spiro atoms. The third kappa shape index (κ3) is 5.60. The lowest BCUT2D eigenvalue weighted by Crippen LogP contribution is -2.46. The van der Waals surface area contributed by atoms with E-state index in [4.69, 9.17) is 5.73 Å². The second kappa shape index (κ2) is 7.61. The van der Waals surface area contributed by atoms with E-state index in [0.29, 0.717) is 6.54 Å². The van der Waals surface area contributed by atoms with Crippen LogP contribution in [0.4, 0.5) is 0 Å². The second-order valence-corrected chi connectivity index (χ2v) is 2.49. The minimum Gasteiger partial charge on any atom is -0.369 e. The van der Waals surface area contributed by atoms with Gasteiger partial charge in [0.2, 0.25) is 5.91 Å². The van der Waals surface area contributed by atoms with Crippen molar-refractivity contribution in [2.75, 3.05) is 32.7 Å². The van der Waals surface area contributed by atoms with Crippen LogP contribution in [0.25, 0.3) is 0 Å². The Hall–Kier alpha value is -0.0300. The largest absolute Gasteiger partial charge is 0.369 e. The lowest BCUT2D eigenvalue weighted by molar-refractivity contribution is -0.119. The minimum absolute atomic E-state index is 0. The molecule has 0 radical (unpaired) electrons. The van der Waals surface area contributed by atoms with E-state index in [-0.39, 0.29) is 30.7 Å². The first-order valence-electron chi connectivity index (χ1n) is 3.50. The van der Waals surface area contributed by atoms with Gasteiger partial charge in [-0.1, -0.05) is 0 Å². The molecule has 4 nitrogen and oxygen atoms in total. The Morgan fingerprint density at radius 1 is 1.33 bits per heavy atom. The van der Waals surface area contributed by atoms with Crippen molar-refractivity contribution in [3.63, 3.8) is 0 Å². The standard InChI is InChI=1S/C6H13N3O.2ClH/c7-6(10)5-9-3-1-8-2-4-9;;/h8H,1-5H2,(H2,7,10);2*1H. The summed E-state index contributed by atoms with van der Waals surface area (Å²) in [5.41, 5.74) is 5.02. The molecular formula is C6H15Cl2N3O. The van der Waals surface area contributed by atoms with Crippen molar-refractivity contribution >= 4 is 30.7 Å². The van der Waals surface area contributed by atoms with E-state index in [1.807, 2.05) is 0 Å². The maximum atomic E-state index is 10.4. The van der Waals surface area contributed by atoms with Gasteiger partial charge in [-0.3, -0.25) is 9.69 Å². The molecular weight excluding hydrogens is 201 g/mol. The van der Waals surface area contributed by atoms with E-state index in [0.717, 1.165) is 26.2 Å². The molecule has 3 N–H and O–H groups in total. The third-order valence-corrected chi connectivity index (χ3v) is 1.59. The fraction of sp³-hybridized carbons (Fsp3) is 0.833. The van der Waals surface area contributed by atoms with Crippen LogP contribution >= 0.6 is 24.8 Å². The first-order valence-corrected chi connectivity index (χ1v) is 3.50. The first-order chi connectivity index (χ1) is 4.79. The molecule has 1 heterocycles. The highest BCUT2D eigenvalue weighted by Crippen LogP contribution is 1.89. The Balaban J connectivity index is 0. The molecule has 0 aliphatic carbocycles. The number of carbonyl (C=O) groups is 1. The average Bonchev–Trinajstić information content (AvgIpc) is 1.88. The van der Waals surface area contributed by atoms with Gasteiger partial charge >= 0.3 is 0 Å². The van der Waals surface area contributed by atoms with Crippen molar-refractivity contribution in [1.29, 1.82) is 0 Å². The summed E-state index contributed by atoms with van der Waals surface area (Å²) in [6.07, 6.45) is 0. The van der Waals surface area contributed by atoms with Crippen molar-refractivity contribution in [2.24, 2.45) is 5.73 Å². The molecule has 12 heavy (non-hydrogen) atoms. The Kier molecular flexibility index (Phi) is 9.19. The monoisotopic (exact) mass is 215 g/mol. The fourth-order valence-electron chi connectivity index (χ4n) is 1.09. The molecule has 1 saturated heterocycles. The maximum Gasteiger partial charge on any atom is 0.231 e. The zero-order valence-electron chi connectivity index (χ0n) is 6.78. The predicted octanol–water partition coefficient (Wildman–Crippen LogP) is -0.779. The number of hydrogen-bond acceptors (Lipinski definition) is 3. The molecule has 0 atom stereocenters. The molecule has 74 valence electrons. The number of amides is 1. The molecule has 0 aromatic carbocycles. The molecule has 1 amide bonds. The lowest BCUT2D eigenvalue weighted by atomic mass is 10.3. The molecule has 0 saturated carbocycles. The molecule has 1 fully saturated rings. The summed E-state index contributed by atoms with van der Waals surface area (Å²) < 4.78 is 0. The number of carbonyl (C=O) groups excluding carboxylic acids is 1. The molecule has 0 unspecified atom stereocenters. The molecule has 6 heteroatoms. The second-order valence-electron chi connectivity index (χ2n) is 2.49. The number of rotatable bonds is 2. The van der Waals surface area contributed by atoms with Gasteiger partial charge in [0.1, 0.15) is 0 Å². The summed E-state index contributed by atoms with van der Waals surface area (Å²) in [7, 11) is 0. The van der Waals surface area contributed by atoms with Crippen LogP contribution in [0.2, 0.25) is 0 Å².